The van der Waals surface area contributed by atoms with Gasteiger partial charge in [-0.2, -0.15) is 0 Å². The fraction of sp³-hybridized carbons (Fsp3) is 0.273. The van der Waals surface area contributed by atoms with Crippen LogP contribution in [-0.2, 0) is 6.42 Å². The highest BCUT2D eigenvalue weighted by Gasteiger charge is 2.12. The van der Waals surface area contributed by atoms with Gasteiger partial charge in [-0.05, 0) is 36.1 Å². The highest BCUT2D eigenvalue weighted by molar-refractivity contribution is 5.77. The van der Waals surface area contributed by atoms with E-state index in [2.05, 4.69) is 48.9 Å². The van der Waals surface area contributed by atoms with Gasteiger partial charge in [-0.1, -0.05) is 45.0 Å². The van der Waals surface area contributed by atoms with Gasteiger partial charge in [-0.3, -0.25) is 4.98 Å². The van der Waals surface area contributed by atoms with E-state index in [-0.39, 0.29) is 5.92 Å². The summed E-state index contributed by atoms with van der Waals surface area (Å²) >= 11 is 0. The molecular formula is C22H22N4. The first kappa shape index (κ1) is 16.6. The molecule has 0 aliphatic rings. The van der Waals surface area contributed by atoms with Crippen molar-refractivity contribution >= 4 is 21.9 Å². The van der Waals surface area contributed by atoms with Gasteiger partial charge in [0.2, 0.25) is 0 Å². The largest absolute Gasteiger partial charge is 0.253 e. The van der Waals surface area contributed by atoms with Crippen LogP contribution in [0.1, 0.15) is 49.7 Å². The van der Waals surface area contributed by atoms with E-state index in [9.17, 15) is 0 Å². The Morgan fingerprint density at radius 2 is 1.65 bits per heavy atom. The van der Waals surface area contributed by atoms with Gasteiger partial charge in [0, 0.05) is 23.7 Å². The number of nitrogens with zero attached hydrogens (tertiary/aromatic N) is 4. The van der Waals surface area contributed by atoms with E-state index >= 15 is 0 Å². The van der Waals surface area contributed by atoms with Crippen LogP contribution in [0.25, 0.3) is 21.9 Å². The van der Waals surface area contributed by atoms with Crippen molar-refractivity contribution in [1.82, 2.24) is 19.9 Å². The van der Waals surface area contributed by atoms with Gasteiger partial charge >= 0.3 is 0 Å². The van der Waals surface area contributed by atoms with Crippen LogP contribution < -0.4 is 0 Å². The minimum Gasteiger partial charge on any atom is -0.253 e. The fourth-order valence-corrected chi connectivity index (χ4v) is 3.15. The summed E-state index contributed by atoms with van der Waals surface area (Å²) in [4.78, 5) is 18.6. The molecule has 0 fully saturated rings. The maximum atomic E-state index is 4.76. The zero-order valence-corrected chi connectivity index (χ0v) is 15.3. The Balaban J connectivity index is 1.62. The molecule has 2 heterocycles. The molecule has 4 heteroatoms. The molecule has 130 valence electrons. The topological polar surface area (TPSA) is 51.6 Å². The monoisotopic (exact) mass is 342 g/mol. The van der Waals surface area contributed by atoms with Gasteiger partial charge < -0.3 is 0 Å². The van der Waals surface area contributed by atoms with Crippen molar-refractivity contribution in [2.45, 2.75) is 39.0 Å². The van der Waals surface area contributed by atoms with Crippen molar-refractivity contribution in [2.24, 2.45) is 0 Å². The Bertz CT molecular complexity index is 1070. The lowest BCUT2D eigenvalue weighted by Gasteiger charge is -2.12. The molecule has 26 heavy (non-hydrogen) atoms. The third-order valence-corrected chi connectivity index (χ3v) is 4.71. The van der Waals surface area contributed by atoms with Crippen molar-refractivity contribution in [3.63, 3.8) is 0 Å². The summed E-state index contributed by atoms with van der Waals surface area (Å²) in [6.45, 7) is 6.45. The predicted molar refractivity (Wildman–Crippen MR) is 105 cm³/mol. The first-order chi connectivity index (χ1) is 12.6. The average molecular weight is 342 g/mol. The molecule has 0 saturated carbocycles. The molecule has 0 aliphatic heterocycles. The van der Waals surface area contributed by atoms with E-state index in [1.54, 1.807) is 0 Å². The van der Waals surface area contributed by atoms with Crippen LogP contribution in [0.5, 0.6) is 0 Å². The van der Waals surface area contributed by atoms with Crippen LogP contribution in [0.2, 0.25) is 0 Å². The average Bonchev–Trinajstić information content (AvgIpc) is 2.67. The molecule has 1 atom stereocenters. The minimum atomic E-state index is 0.235. The molecule has 1 unspecified atom stereocenters. The van der Waals surface area contributed by atoms with Crippen molar-refractivity contribution in [1.29, 1.82) is 0 Å². The predicted octanol–water partition coefficient (Wildman–Crippen LogP) is 5.04. The van der Waals surface area contributed by atoms with Gasteiger partial charge in [0.1, 0.15) is 5.82 Å². The highest BCUT2D eigenvalue weighted by Crippen LogP contribution is 2.22. The molecule has 2 aromatic heterocycles. The third-order valence-electron chi connectivity index (χ3n) is 4.71. The third kappa shape index (κ3) is 3.27. The first-order valence-corrected chi connectivity index (χ1v) is 9.07. The molecule has 0 amide bonds. The molecule has 4 nitrogen and oxygen atoms in total. The number of aromatic nitrogens is 4. The zero-order valence-electron chi connectivity index (χ0n) is 15.3. The molecule has 4 rings (SSSR count). The van der Waals surface area contributed by atoms with Gasteiger partial charge in [0.05, 0.1) is 22.2 Å². The van der Waals surface area contributed by atoms with Gasteiger partial charge in [-0.15, -0.1) is 0 Å². The summed E-state index contributed by atoms with van der Waals surface area (Å²) in [5.41, 5.74) is 5.15. The fourth-order valence-electron chi connectivity index (χ4n) is 3.15. The summed E-state index contributed by atoms with van der Waals surface area (Å²) in [5, 5.41) is 1.07. The van der Waals surface area contributed by atoms with Gasteiger partial charge in [0.15, 0.2) is 0 Å². The minimum absolute atomic E-state index is 0.235. The number of benzene rings is 2. The van der Waals surface area contributed by atoms with Crippen LogP contribution in [0.3, 0.4) is 0 Å². The van der Waals surface area contributed by atoms with E-state index in [1.807, 2.05) is 36.7 Å². The molecule has 0 radical (unpaired) electrons. The Labute approximate surface area is 153 Å². The SMILES string of the molecule is CC(C)c1cnc2ccc(CC(C)c3ncc4ccccc4n3)cc2n1. The Morgan fingerprint density at radius 3 is 2.50 bits per heavy atom. The second-order valence-electron chi connectivity index (χ2n) is 7.16. The number of hydrogen-bond acceptors (Lipinski definition) is 4. The molecule has 0 saturated heterocycles. The van der Waals surface area contributed by atoms with E-state index in [4.69, 9.17) is 9.97 Å². The van der Waals surface area contributed by atoms with Crippen LogP contribution in [0.4, 0.5) is 0 Å². The maximum absolute atomic E-state index is 4.76. The smallest absolute Gasteiger partial charge is 0.132 e. The van der Waals surface area contributed by atoms with Crippen LogP contribution in [0.15, 0.2) is 54.9 Å². The molecule has 0 aliphatic carbocycles. The van der Waals surface area contributed by atoms with E-state index in [0.29, 0.717) is 5.92 Å². The summed E-state index contributed by atoms with van der Waals surface area (Å²) in [7, 11) is 0. The number of para-hydroxylation sites is 1. The molecule has 0 bridgehead atoms. The first-order valence-electron chi connectivity index (χ1n) is 9.07. The summed E-state index contributed by atoms with van der Waals surface area (Å²) in [6.07, 6.45) is 4.66. The number of hydrogen-bond donors (Lipinski definition) is 0. The van der Waals surface area contributed by atoms with Crippen molar-refractivity contribution in [3.8, 4) is 0 Å². The molecule has 2 aromatic carbocycles. The summed E-state index contributed by atoms with van der Waals surface area (Å²) in [6, 6.07) is 14.4. The molecule has 0 spiro atoms. The maximum Gasteiger partial charge on any atom is 0.132 e. The van der Waals surface area contributed by atoms with Crippen molar-refractivity contribution in [2.75, 3.05) is 0 Å². The van der Waals surface area contributed by atoms with Crippen molar-refractivity contribution in [3.05, 3.63) is 71.9 Å². The van der Waals surface area contributed by atoms with Crippen LogP contribution >= 0.6 is 0 Å². The number of fused-ring (bicyclic) bond motifs is 2. The molecule has 0 N–H and O–H groups in total. The Kier molecular flexibility index (Phi) is 4.33. The highest BCUT2D eigenvalue weighted by atomic mass is 14.9. The Morgan fingerprint density at radius 1 is 0.808 bits per heavy atom. The molecular weight excluding hydrogens is 320 g/mol. The lowest BCUT2D eigenvalue weighted by molar-refractivity contribution is 0.703. The zero-order chi connectivity index (χ0) is 18.1. The van der Waals surface area contributed by atoms with Crippen LogP contribution in [0, 0.1) is 0 Å². The second-order valence-corrected chi connectivity index (χ2v) is 7.16. The van der Waals surface area contributed by atoms with E-state index in [1.165, 1.54) is 5.56 Å². The quantitative estimate of drug-likeness (QED) is 0.521. The van der Waals surface area contributed by atoms with E-state index in [0.717, 1.165) is 39.9 Å². The standard InChI is InChI=1S/C22H22N4/c1-14(2)21-13-23-19-9-8-16(11-20(19)25-21)10-15(3)22-24-12-17-6-4-5-7-18(17)26-22/h4-9,11-15H,10H2,1-3H3. The van der Waals surface area contributed by atoms with E-state index < -0.39 is 0 Å². The number of rotatable bonds is 4. The van der Waals surface area contributed by atoms with Crippen molar-refractivity contribution < 1.29 is 0 Å². The van der Waals surface area contributed by atoms with Crippen LogP contribution in [-0.4, -0.2) is 19.9 Å². The second kappa shape index (κ2) is 6.79. The lowest BCUT2D eigenvalue weighted by atomic mass is 9.99. The lowest BCUT2D eigenvalue weighted by Crippen LogP contribution is -2.04. The van der Waals surface area contributed by atoms with Gasteiger partial charge in [0.25, 0.3) is 0 Å². The normalized spacial score (nSPS) is 12.8. The summed E-state index contributed by atoms with van der Waals surface area (Å²) < 4.78 is 0. The van der Waals surface area contributed by atoms with Gasteiger partial charge in [-0.25, -0.2) is 15.0 Å². The Hall–Kier alpha value is -2.88. The molecule has 4 aromatic rings. The summed E-state index contributed by atoms with van der Waals surface area (Å²) in [5.74, 6) is 1.49.